The van der Waals surface area contributed by atoms with Crippen LogP contribution in [0.15, 0.2) is 29.3 Å². The molecule has 2 aromatic rings. The molecule has 8 heteroatoms. The number of amides is 1. The van der Waals surface area contributed by atoms with Crippen molar-refractivity contribution in [3.63, 3.8) is 0 Å². The zero-order chi connectivity index (χ0) is 17.2. The monoisotopic (exact) mass is 343 g/mol. The molecule has 2 rings (SSSR count). The zero-order valence-corrected chi connectivity index (χ0v) is 13.6. The third-order valence-corrected chi connectivity index (χ3v) is 4.01. The van der Waals surface area contributed by atoms with E-state index < -0.39 is 17.3 Å². The first kappa shape index (κ1) is 17.5. The SMILES string of the molecule is CC(C)NC(=O)[C@H](C)Sc1nc(C(F)(F)F)nc2ccccc12. The van der Waals surface area contributed by atoms with Gasteiger partial charge in [0.25, 0.3) is 0 Å². The summed E-state index contributed by atoms with van der Waals surface area (Å²) in [5.74, 6) is -1.45. The van der Waals surface area contributed by atoms with Gasteiger partial charge >= 0.3 is 6.18 Å². The van der Waals surface area contributed by atoms with Gasteiger partial charge in [0.1, 0.15) is 5.03 Å². The Labute approximate surface area is 135 Å². The number of thioether (sulfide) groups is 1. The molecule has 0 spiro atoms. The van der Waals surface area contributed by atoms with Crippen LogP contribution in [0.5, 0.6) is 0 Å². The molecule has 0 aliphatic heterocycles. The molecule has 124 valence electrons. The number of nitrogens with one attached hydrogen (secondary N) is 1. The predicted octanol–water partition coefficient (Wildman–Crippen LogP) is 3.65. The summed E-state index contributed by atoms with van der Waals surface area (Å²) in [7, 11) is 0. The van der Waals surface area contributed by atoms with Crippen molar-refractivity contribution in [3.05, 3.63) is 30.1 Å². The van der Waals surface area contributed by atoms with Gasteiger partial charge in [-0.25, -0.2) is 9.97 Å². The van der Waals surface area contributed by atoms with Crippen molar-refractivity contribution in [2.24, 2.45) is 0 Å². The lowest BCUT2D eigenvalue weighted by Crippen LogP contribution is -2.35. The molecule has 1 atom stereocenters. The maximum Gasteiger partial charge on any atom is 0.451 e. The number of aromatic nitrogens is 2. The van der Waals surface area contributed by atoms with E-state index in [9.17, 15) is 18.0 Å². The van der Waals surface area contributed by atoms with Crippen molar-refractivity contribution in [1.82, 2.24) is 15.3 Å². The van der Waals surface area contributed by atoms with Gasteiger partial charge in [-0.05, 0) is 26.8 Å². The number of nitrogens with zero attached hydrogens (tertiary/aromatic N) is 2. The van der Waals surface area contributed by atoms with Crippen LogP contribution in [0.4, 0.5) is 13.2 Å². The number of benzene rings is 1. The Kier molecular flexibility index (Phi) is 5.13. The molecule has 23 heavy (non-hydrogen) atoms. The summed E-state index contributed by atoms with van der Waals surface area (Å²) >= 11 is 0.990. The molecular weight excluding hydrogens is 327 g/mol. The summed E-state index contributed by atoms with van der Waals surface area (Å²) in [6.07, 6.45) is -4.64. The van der Waals surface area contributed by atoms with E-state index in [4.69, 9.17) is 0 Å². The largest absolute Gasteiger partial charge is 0.451 e. The Morgan fingerprint density at radius 2 is 1.83 bits per heavy atom. The van der Waals surface area contributed by atoms with E-state index in [1.807, 2.05) is 13.8 Å². The highest BCUT2D eigenvalue weighted by atomic mass is 32.2. The molecule has 1 aromatic heterocycles. The standard InChI is InChI=1S/C15H16F3N3OS/c1-8(2)19-12(22)9(3)23-13-10-6-4-5-7-11(10)20-14(21-13)15(16,17)18/h4-9H,1-3H3,(H,19,22)/t9-/m0/s1. The molecule has 0 aliphatic rings. The smallest absolute Gasteiger partial charge is 0.353 e. The summed E-state index contributed by atoms with van der Waals surface area (Å²) in [6.45, 7) is 5.26. The van der Waals surface area contributed by atoms with Crippen LogP contribution >= 0.6 is 11.8 Å². The highest BCUT2D eigenvalue weighted by Gasteiger charge is 2.35. The zero-order valence-electron chi connectivity index (χ0n) is 12.8. The van der Waals surface area contributed by atoms with Crippen LogP contribution in [-0.2, 0) is 11.0 Å². The summed E-state index contributed by atoms with van der Waals surface area (Å²) < 4.78 is 38.9. The van der Waals surface area contributed by atoms with Crippen molar-refractivity contribution < 1.29 is 18.0 Å². The van der Waals surface area contributed by atoms with Gasteiger partial charge in [-0.3, -0.25) is 4.79 Å². The Bertz CT molecular complexity index is 719. The first-order valence-corrected chi connectivity index (χ1v) is 7.87. The van der Waals surface area contributed by atoms with Crippen molar-refractivity contribution >= 4 is 28.6 Å². The number of hydrogen-bond donors (Lipinski definition) is 1. The summed E-state index contributed by atoms with van der Waals surface area (Å²) in [6, 6.07) is 6.40. The number of rotatable bonds is 4. The first-order chi connectivity index (χ1) is 10.7. The molecule has 0 bridgehead atoms. The minimum atomic E-state index is -4.64. The number of halogens is 3. The van der Waals surface area contributed by atoms with Crippen LogP contribution in [-0.4, -0.2) is 27.2 Å². The van der Waals surface area contributed by atoms with Gasteiger partial charge in [0.05, 0.1) is 10.8 Å². The predicted molar refractivity (Wildman–Crippen MR) is 83.1 cm³/mol. The lowest BCUT2D eigenvalue weighted by molar-refractivity contribution is -0.145. The van der Waals surface area contributed by atoms with E-state index in [0.29, 0.717) is 5.39 Å². The quantitative estimate of drug-likeness (QED) is 0.680. The summed E-state index contributed by atoms with van der Waals surface area (Å²) in [5.41, 5.74) is 0.203. The van der Waals surface area contributed by atoms with Crippen LogP contribution in [0.25, 0.3) is 10.9 Å². The number of carbonyl (C=O) groups excluding carboxylic acids is 1. The molecule has 4 nitrogen and oxygen atoms in total. The van der Waals surface area contributed by atoms with Crippen LogP contribution < -0.4 is 5.32 Å². The lowest BCUT2D eigenvalue weighted by atomic mass is 10.2. The first-order valence-electron chi connectivity index (χ1n) is 6.99. The van der Waals surface area contributed by atoms with E-state index in [1.54, 1.807) is 25.1 Å². The van der Waals surface area contributed by atoms with E-state index in [1.165, 1.54) is 6.07 Å². The molecule has 1 heterocycles. The van der Waals surface area contributed by atoms with Crippen molar-refractivity contribution in [2.75, 3.05) is 0 Å². The Hall–Kier alpha value is -1.83. The van der Waals surface area contributed by atoms with Crippen molar-refractivity contribution in [2.45, 2.75) is 43.3 Å². The van der Waals surface area contributed by atoms with Gasteiger partial charge in [0.15, 0.2) is 0 Å². The average molecular weight is 343 g/mol. The maximum atomic E-state index is 13.0. The Morgan fingerprint density at radius 1 is 1.17 bits per heavy atom. The molecule has 0 unspecified atom stereocenters. The van der Waals surface area contributed by atoms with Crippen molar-refractivity contribution in [3.8, 4) is 0 Å². The molecule has 0 radical (unpaired) electrons. The van der Waals surface area contributed by atoms with Crippen LogP contribution in [0.1, 0.15) is 26.6 Å². The third-order valence-electron chi connectivity index (χ3n) is 2.91. The molecule has 0 saturated carbocycles. The van der Waals surface area contributed by atoms with Gasteiger partial charge in [0.2, 0.25) is 11.7 Å². The third kappa shape index (κ3) is 4.34. The second-order valence-corrected chi connectivity index (χ2v) is 6.62. The summed E-state index contributed by atoms with van der Waals surface area (Å²) in [5, 5.41) is 2.80. The normalized spacial score (nSPS) is 13.3. The molecule has 1 aromatic carbocycles. The number of hydrogen-bond acceptors (Lipinski definition) is 4. The minimum Gasteiger partial charge on any atom is -0.353 e. The maximum absolute atomic E-state index is 13.0. The Morgan fingerprint density at radius 3 is 2.43 bits per heavy atom. The van der Waals surface area contributed by atoms with Gasteiger partial charge in [-0.2, -0.15) is 13.2 Å². The highest BCUT2D eigenvalue weighted by Crippen LogP contribution is 2.33. The second-order valence-electron chi connectivity index (χ2n) is 5.29. The van der Waals surface area contributed by atoms with E-state index in [0.717, 1.165) is 11.8 Å². The lowest BCUT2D eigenvalue weighted by Gasteiger charge is -2.15. The fourth-order valence-electron chi connectivity index (χ4n) is 1.89. The number of para-hydroxylation sites is 1. The van der Waals surface area contributed by atoms with Crippen LogP contribution in [0.2, 0.25) is 0 Å². The van der Waals surface area contributed by atoms with E-state index >= 15 is 0 Å². The fourth-order valence-corrected chi connectivity index (χ4v) is 2.84. The van der Waals surface area contributed by atoms with E-state index in [2.05, 4.69) is 15.3 Å². The average Bonchev–Trinajstić information content (AvgIpc) is 2.45. The van der Waals surface area contributed by atoms with Crippen molar-refractivity contribution in [1.29, 1.82) is 0 Å². The molecule has 0 saturated heterocycles. The minimum absolute atomic E-state index is 0.0431. The highest BCUT2D eigenvalue weighted by molar-refractivity contribution is 8.00. The van der Waals surface area contributed by atoms with Crippen LogP contribution in [0, 0.1) is 0 Å². The molecule has 1 N–H and O–H groups in total. The molecule has 1 amide bonds. The number of alkyl halides is 3. The number of fused-ring (bicyclic) bond motifs is 1. The molecule has 0 aliphatic carbocycles. The Balaban J connectivity index is 2.40. The fraction of sp³-hybridized carbons (Fsp3) is 0.400. The van der Waals surface area contributed by atoms with Gasteiger partial charge < -0.3 is 5.32 Å². The van der Waals surface area contributed by atoms with Gasteiger partial charge in [-0.15, -0.1) is 0 Å². The second kappa shape index (κ2) is 6.74. The molecule has 0 fully saturated rings. The summed E-state index contributed by atoms with van der Waals surface area (Å²) in [4.78, 5) is 19.2. The van der Waals surface area contributed by atoms with Crippen LogP contribution in [0.3, 0.4) is 0 Å². The van der Waals surface area contributed by atoms with E-state index in [-0.39, 0.29) is 22.5 Å². The van der Waals surface area contributed by atoms with Gasteiger partial charge in [0, 0.05) is 11.4 Å². The van der Waals surface area contributed by atoms with Gasteiger partial charge in [-0.1, -0.05) is 30.0 Å². The number of carbonyl (C=O) groups is 1. The molecular formula is C15H16F3N3OS. The topological polar surface area (TPSA) is 54.9 Å².